The van der Waals surface area contributed by atoms with Gasteiger partial charge >= 0.3 is 0 Å². The van der Waals surface area contributed by atoms with Crippen LogP contribution in [0.5, 0.6) is 5.75 Å². The number of guanidine groups is 1. The standard InChI is InChI=1S/C23H32N4O2/c1-19(11-12-20-7-3-2-4-8-20)24-23(25-21-9-5-6-10-22(21)29)27-15-13-26(14-16-27)17-18-28/h2-10,19,28-29H,11-18H2,1H3,(H,24,25). The normalized spacial score (nSPS) is 16.6. The lowest BCUT2D eigenvalue weighted by Gasteiger charge is -2.36. The molecule has 1 saturated heterocycles. The van der Waals surface area contributed by atoms with Crippen LogP contribution in [-0.2, 0) is 6.42 Å². The fourth-order valence-corrected chi connectivity index (χ4v) is 3.51. The van der Waals surface area contributed by atoms with Crippen LogP contribution in [0.15, 0.2) is 59.6 Å². The molecule has 1 aliphatic rings. The number of benzene rings is 2. The van der Waals surface area contributed by atoms with Gasteiger partial charge in [-0.25, -0.2) is 4.99 Å². The Hall–Kier alpha value is -2.57. The maximum Gasteiger partial charge on any atom is 0.198 e. The first-order valence-electron chi connectivity index (χ1n) is 10.4. The zero-order valence-electron chi connectivity index (χ0n) is 17.2. The predicted octanol–water partition coefficient (Wildman–Crippen LogP) is 2.79. The van der Waals surface area contributed by atoms with E-state index in [9.17, 15) is 10.2 Å². The Bertz CT molecular complexity index is 773. The van der Waals surface area contributed by atoms with Crippen molar-refractivity contribution in [3.05, 3.63) is 60.2 Å². The van der Waals surface area contributed by atoms with Crippen molar-refractivity contribution < 1.29 is 10.2 Å². The number of hydrogen-bond donors (Lipinski definition) is 3. The molecule has 1 heterocycles. The minimum Gasteiger partial charge on any atom is -0.506 e. The van der Waals surface area contributed by atoms with Crippen molar-refractivity contribution in [1.29, 1.82) is 0 Å². The van der Waals surface area contributed by atoms with Crippen LogP contribution in [0, 0.1) is 0 Å². The fraction of sp³-hybridized carbons (Fsp3) is 0.435. The fourth-order valence-electron chi connectivity index (χ4n) is 3.51. The molecule has 6 heteroatoms. The number of aliphatic imine (C=N–C) groups is 1. The molecule has 0 radical (unpaired) electrons. The van der Waals surface area contributed by atoms with E-state index in [0.717, 1.165) is 45.0 Å². The van der Waals surface area contributed by atoms with E-state index in [0.29, 0.717) is 12.2 Å². The summed E-state index contributed by atoms with van der Waals surface area (Å²) in [4.78, 5) is 9.47. The number of hydrogen-bond acceptors (Lipinski definition) is 4. The lowest BCUT2D eigenvalue weighted by molar-refractivity contribution is 0.147. The molecule has 3 rings (SSSR count). The topological polar surface area (TPSA) is 71.3 Å². The molecule has 29 heavy (non-hydrogen) atoms. The second-order valence-corrected chi connectivity index (χ2v) is 7.52. The summed E-state index contributed by atoms with van der Waals surface area (Å²) in [6, 6.07) is 17.9. The highest BCUT2D eigenvalue weighted by Gasteiger charge is 2.21. The third kappa shape index (κ3) is 6.48. The van der Waals surface area contributed by atoms with Crippen molar-refractivity contribution >= 4 is 11.6 Å². The summed E-state index contributed by atoms with van der Waals surface area (Å²) in [7, 11) is 0. The molecule has 2 aromatic rings. The van der Waals surface area contributed by atoms with Gasteiger partial charge < -0.3 is 20.4 Å². The van der Waals surface area contributed by atoms with Crippen LogP contribution in [0.25, 0.3) is 0 Å². The number of aliphatic hydroxyl groups is 1. The Kier molecular flexibility index (Phi) is 7.90. The van der Waals surface area contributed by atoms with Gasteiger partial charge in [-0.3, -0.25) is 4.90 Å². The summed E-state index contributed by atoms with van der Waals surface area (Å²) in [5, 5.41) is 22.7. The van der Waals surface area contributed by atoms with Crippen LogP contribution >= 0.6 is 0 Å². The number of β-amino-alcohol motifs (C(OH)–C–C–N with tert-alkyl or cyclic N) is 1. The van der Waals surface area contributed by atoms with Crippen LogP contribution in [0.1, 0.15) is 18.9 Å². The highest BCUT2D eigenvalue weighted by molar-refractivity contribution is 5.95. The smallest absolute Gasteiger partial charge is 0.198 e. The second-order valence-electron chi connectivity index (χ2n) is 7.52. The molecule has 1 atom stereocenters. The van der Waals surface area contributed by atoms with Gasteiger partial charge in [-0.15, -0.1) is 0 Å². The lowest BCUT2D eigenvalue weighted by Crippen LogP contribution is -2.51. The summed E-state index contributed by atoms with van der Waals surface area (Å²) in [5.41, 5.74) is 1.99. The van der Waals surface area contributed by atoms with Crippen LogP contribution < -0.4 is 5.32 Å². The van der Waals surface area contributed by atoms with Gasteiger partial charge in [0.25, 0.3) is 0 Å². The van der Waals surface area contributed by atoms with Crippen molar-refractivity contribution in [3.63, 3.8) is 0 Å². The number of nitrogens with one attached hydrogen (secondary N) is 1. The van der Waals surface area contributed by atoms with Crippen LogP contribution in [0.3, 0.4) is 0 Å². The number of phenolic OH excluding ortho intramolecular Hbond substituents is 1. The van der Waals surface area contributed by atoms with Gasteiger partial charge in [0.1, 0.15) is 5.75 Å². The Labute approximate surface area is 173 Å². The van der Waals surface area contributed by atoms with Gasteiger partial charge in [0, 0.05) is 32.7 Å². The molecule has 0 spiro atoms. The molecule has 1 fully saturated rings. The first-order valence-corrected chi connectivity index (χ1v) is 10.4. The van der Waals surface area contributed by atoms with Crippen molar-refractivity contribution in [2.75, 3.05) is 44.6 Å². The first-order chi connectivity index (χ1) is 14.2. The van der Waals surface area contributed by atoms with E-state index >= 15 is 0 Å². The average molecular weight is 397 g/mol. The second kappa shape index (κ2) is 10.8. The number of aryl methyl sites for hydroxylation is 1. The lowest BCUT2D eigenvalue weighted by atomic mass is 10.1. The van der Waals surface area contributed by atoms with E-state index in [4.69, 9.17) is 4.99 Å². The summed E-state index contributed by atoms with van der Waals surface area (Å²) < 4.78 is 0. The first kappa shape index (κ1) is 21.1. The Morgan fingerprint density at radius 3 is 2.41 bits per heavy atom. The molecule has 0 bridgehead atoms. The van der Waals surface area contributed by atoms with Gasteiger partial charge in [0.2, 0.25) is 0 Å². The number of piperazine rings is 1. The van der Waals surface area contributed by atoms with Gasteiger partial charge in [-0.05, 0) is 37.5 Å². The molecule has 2 aromatic carbocycles. The maximum absolute atomic E-state index is 10.2. The van der Waals surface area contributed by atoms with Crippen molar-refractivity contribution in [3.8, 4) is 5.75 Å². The Balaban J connectivity index is 1.69. The summed E-state index contributed by atoms with van der Waals surface area (Å²) in [6.45, 7) is 6.49. The van der Waals surface area contributed by atoms with E-state index in [2.05, 4.69) is 46.3 Å². The van der Waals surface area contributed by atoms with Crippen molar-refractivity contribution in [2.45, 2.75) is 25.8 Å². The summed E-state index contributed by atoms with van der Waals surface area (Å²) in [6.07, 6.45) is 1.94. The Morgan fingerprint density at radius 1 is 1.03 bits per heavy atom. The monoisotopic (exact) mass is 396 g/mol. The van der Waals surface area contributed by atoms with Crippen molar-refractivity contribution in [2.24, 2.45) is 4.99 Å². The van der Waals surface area contributed by atoms with Crippen molar-refractivity contribution in [1.82, 2.24) is 9.80 Å². The van der Waals surface area contributed by atoms with Gasteiger partial charge in [-0.2, -0.15) is 0 Å². The highest BCUT2D eigenvalue weighted by atomic mass is 16.3. The van der Waals surface area contributed by atoms with E-state index in [1.807, 2.05) is 24.3 Å². The summed E-state index contributed by atoms with van der Waals surface area (Å²) in [5.74, 6) is 1.02. The van der Waals surface area contributed by atoms with Crippen LogP contribution in [0.2, 0.25) is 0 Å². The summed E-state index contributed by atoms with van der Waals surface area (Å²) >= 11 is 0. The third-order valence-electron chi connectivity index (χ3n) is 5.27. The van der Waals surface area contributed by atoms with E-state index in [-0.39, 0.29) is 18.4 Å². The molecular weight excluding hydrogens is 364 g/mol. The van der Waals surface area contributed by atoms with Crippen LogP contribution in [-0.4, -0.2) is 71.3 Å². The molecule has 0 aliphatic carbocycles. The maximum atomic E-state index is 10.2. The number of para-hydroxylation sites is 2. The molecule has 3 N–H and O–H groups in total. The predicted molar refractivity (Wildman–Crippen MR) is 118 cm³/mol. The molecule has 0 amide bonds. The average Bonchev–Trinajstić information content (AvgIpc) is 2.75. The van der Waals surface area contributed by atoms with E-state index in [1.165, 1.54) is 5.56 Å². The van der Waals surface area contributed by atoms with Gasteiger partial charge in [0.15, 0.2) is 5.96 Å². The third-order valence-corrected chi connectivity index (χ3v) is 5.27. The SMILES string of the molecule is CC(CCc1ccccc1)N=C(Nc1ccccc1O)N1CCN(CCO)CC1. The minimum atomic E-state index is 0.152. The van der Waals surface area contributed by atoms with E-state index < -0.39 is 0 Å². The minimum absolute atomic E-state index is 0.152. The van der Waals surface area contributed by atoms with E-state index in [1.54, 1.807) is 6.07 Å². The molecule has 6 nitrogen and oxygen atoms in total. The number of aromatic hydroxyl groups is 1. The van der Waals surface area contributed by atoms with Crippen LogP contribution in [0.4, 0.5) is 5.69 Å². The zero-order chi connectivity index (χ0) is 20.5. The quantitative estimate of drug-likeness (QED) is 0.381. The molecule has 1 unspecified atom stereocenters. The molecule has 0 aromatic heterocycles. The number of anilines is 1. The molecule has 0 saturated carbocycles. The molecule has 1 aliphatic heterocycles. The number of nitrogens with zero attached hydrogens (tertiary/aromatic N) is 3. The number of aliphatic hydroxyl groups excluding tert-OH is 1. The molecular formula is C23H32N4O2. The van der Waals surface area contributed by atoms with Gasteiger partial charge in [0.05, 0.1) is 18.3 Å². The molecule has 156 valence electrons. The Morgan fingerprint density at radius 2 is 1.72 bits per heavy atom. The highest BCUT2D eigenvalue weighted by Crippen LogP contribution is 2.22. The zero-order valence-corrected chi connectivity index (χ0v) is 17.2. The van der Waals surface area contributed by atoms with Gasteiger partial charge in [-0.1, -0.05) is 42.5 Å². The number of phenols is 1. The number of rotatable bonds is 7. The largest absolute Gasteiger partial charge is 0.506 e.